The van der Waals surface area contributed by atoms with Gasteiger partial charge in [0.25, 0.3) is 0 Å². The summed E-state index contributed by atoms with van der Waals surface area (Å²) in [6.45, 7) is 2.23. The van der Waals surface area contributed by atoms with Gasteiger partial charge in [0.2, 0.25) is 0 Å². The summed E-state index contributed by atoms with van der Waals surface area (Å²) in [4.78, 5) is 4.19. The number of aryl methyl sites for hydroxylation is 1. The molecule has 1 aromatic carbocycles. The van der Waals surface area contributed by atoms with Crippen LogP contribution in [0, 0.1) is 18.3 Å². The van der Waals surface area contributed by atoms with Crippen LogP contribution >= 0.6 is 0 Å². The number of methoxy groups -OCH3 is 1. The zero-order chi connectivity index (χ0) is 14.5. The minimum atomic E-state index is 0.107. The number of phenols is 1. The molecule has 0 unspecified atom stereocenters. The van der Waals surface area contributed by atoms with Gasteiger partial charge in [-0.2, -0.15) is 5.26 Å². The lowest BCUT2D eigenvalue weighted by molar-refractivity contribution is 0.371. The maximum absolute atomic E-state index is 9.97. The number of para-hydroxylation sites is 1. The molecule has 0 saturated heterocycles. The summed E-state index contributed by atoms with van der Waals surface area (Å²) in [5.74, 6) is 1.13. The average Bonchev–Trinajstić information content (AvgIpc) is 2.47. The van der Waals surface area contributed by atoms with E-state index >= 15 is 0 Å². The molecular weight excluding hydrogens is 254 g/mol. The number of nitrogens with zero attached hydrogens (tertiary/aromatic N) is 2. The average molecular weight is 269 g/mol. The van der Waals surface area contributed by atoms with Gasteiger partial charge in [0, 0.05) is 12.1 Å². The third kappa shape index (κ3) is 2.81. The van der Waals surface area contributed by atoms with Gasteiger partial charge in [-0.1, -0.05) is 18.2 Å². The Morgan fingerprint density at radius 2 is 2.15 bits per heavy atom. The number of anilines is 1. The third-order valence-corrected chi connectivity index (χ3v) is 2.97. The second kappa shape index (κ2) is 5.93. The highest BCUT2D eigenvalue weighted by atomic mass is 16.5. The van der Waals surface area contributed by atoms with Gasteiger partial charge in [-0.15, -0.1) is 0 Å². The van der Waals surface area contributed by atoms with Crippen molar-refractivity contribution in [3.05, 3.63) is 47.2 Å². The highest BCUT2D eigenvalue weighted by Gasteiger charge is 2.07. The molecule has 0 atom stereocenters. The SMILES string of the molecule is COc1cccc(CNc2ccc(C)c(C#N)n2)c1O. The Bertz CT molecular complexity index is 663. The zero-order valence-corrected chi connectivity index (χ0v) is 11.3. The van der Waals surface area contributed by atoms with Crippen LogP contribution in [-0.4, -0.2) is 17.2 Å². The summed E-state index contributed by atoms with van der Waals surface area (Å²) in [5.41, 5.74) is 1.93. The van der Waals surface area contributed by atoms with Gasteiger partial charge in [-0.05, 0) is 24.6 Å². The summed E-state index contributed by atoms with van der Waals surface area (Å²) in [7, 11) is 1.51. The molecule has 0 amide bonds. The Balaban J connectivity index is 2.15. The number of phenolic OH excluding ortho intramolecular Hbond substituents is 1. The fraction of sp³-hybridized carbons (Fsp3) is 0.200. The summed E-state index contributed by atoms with van der Waals surface area (Å²) >= 11 is 0. The molecular formula is C15H15N3O2. The number of hydrogen-bond acceptors (Lipinski definition) is 5. The van der Waals surface area contributed by atoms with Crippen LogP contribution in [0.1, 0.15) is 16.8 Å². The minimum absolute atomic E-state index is 0.107. The smallest absolute Gasteiger partial charge is 0.162 e. The van der Waals surface area contributed by atoms with Crippen LogP contribution in [-0.2, 0) is 6.54 Å². The number of pyridine rings is 1. The van der Waals surface area contributed by atoms with Crippen molar-refractivity contribution in [1.29, 1.82) is 5.26 Å². The predicted octanol–water partition coefficient (Wildman–Crippen LogP) is 2.59. The molecule has 0 aliphatic carbocycles. The molecule has 0 fully saturated rings. The number of aromatic nitrogens is 1. The van der Waals surface area contributed by atoms with E-state index in [1.165, 1.54) is 7.11 Å². The predicted molar refractivity (Wildman–Crippen MR) is 75.7 cm³/mol. The van der Waals surface area contributed by atoms with E-state index in [0.717, 1.165) is 5.56 Å². The Morgan fingerprint density at radius 1 is 1.35 bits per heavy atom. The van der Waals surface area contributed by atoms with Crippen LogP contribution in [0.3, 0.4) is 0 Å². The highest BCUT2D eigenvalue weighted by molar-refractivity contribution is 5.48. The monoisotopic (exact) mass is 269 g/mol. The zero-order valence-electron chi connectivity index (χ0n) is 11.3. The summed E-state index contributed by atoms with van der Waals surface area (Å²) in [6, 6.07) is 11.0. The molecule has 5 heteroatoms. The minimum Gasteiger partial charge on any atom is -0.504 e. The van der Waals surface area contributed by atoms with Gasteiger partial charge < -0.3 is 15.2 Å². The van der Waals surface area contributed by atoms with Crippen LogP contribution in [0.15, 0.2) is 30.3 Å². The molecule has 0 spiro atoms. The van der Waals surface area contributed by atoms with Crippen molar-refractivity contribution < 1.29 is 9.84 Å². The second-order valence-corrected chi connectivity index (χ2v) is 4.30. The molecule has 5 nitrogen and oxygen atoms in total. The molecule has 2 rings (SSSR count). The van der Waals surface area contributed by atoms with E-state index in [0.29, 0.717) is 29.4 Å². The first-order valence-electron chi connectivity index (χ1n) is 6.12. The van der Waals surface area contributed by atoms with Gasteiger partial charge in [-0.3, -0.25) is 0 Å². The summed E-state index contributed by atoms with van der Waals surface area (Å²) < 4.78 is 5.05. The fourth-order valence-electron chi connectivity index (χ4n) is 1.80. The van der Waals surface area contributed by atoms with E-state index in [9.17, 15) is 5.11 Å². The molecule has 2 aromatic rings. The first kappa shape index (κ1) is 13.7. The first-order chi connectivity index (χ1) is 9.65. The quantitative estimate of drug-likeness (QED) is 0.892. The van der Waals surface area contributed by atoms with Crippen LogP contribution < -0.4 is 10.1 Å². The normalized spacial score (nSPS) is 9.85. The maximum atomic E-state index is 9.97. The molecule has 0 aliphatic rings. The maximum Gasteiger partial charge on any atom is 0.162 e. The van der Waals surface area contributed by atoms with Crippen LogP contribution in [0.5, 0.6) is 11.5 Å². The number of nitrogens with one attached hydrogen (secondary N) is 1. The number of hydrogen-bond donors (Lipinski definition) is 2. The third-order valence-electron chi connectivity index (χ3n) is 2.97. The standard InChI is InChI=1S/C15H15N3O2/c1-10-6-7-14(18-12(10)8-16)17-9-11-4-3-5-13(20-2)15(11)19/h3-7,19H,9H2,1-2H3,(H,17,18). The molecule has 0 bridgehead atoms. The lowest BCUT2D eigenvalue weighted by atomic mass is 10.2. The molecule has 102 valence electrons. The summed E-state index contributed by atoms with van der Waals surface area (Å²) in [5, 5.41) is 22.0. The van der Waals surface area contributed by atoms with Gasteiger partial charge in [0.05, 0.1) is 7.11 Å². The van der Waals surface area contributed by atoms with Crippen molar-refractivity contribution in [3.63, 3.8) is 0 Å². The molecule has 0 radical (unpaired) electrons. The van der Waals surface area contributed by atoms with E-state index < -0.39 is 0 Å². The van der Waals surface area contributed by atoms with Crippen molar-refractivity contribution in [3.8, 4) is 17.6 Å². The van der Waals surface area contributed by atoms with E-state index in [1.54, 1.807) is 24.3 Å². The second-order valence-electron chi connectivity index (χ2n) is 4.30. The topological polar surface area (TPSA) is 78.2 Å². The lowest BCUT2D eigenvalue weighted by Gasteiger charge is -2.10. The van der Waals surface area contributed by atoms with Crippen molar-refractivity contribution in [2.24, 2.45) is 0 Å². The van der Waals surface area contributed by atoms with E-state index in [2.05, 4.69) is 10.3 Å². The van der Waals surface area contributed by atoms with Crippen molar-refractivity contribution in [2.45, 2.75) is 13.5 Å². The Morgan fingerprint density at radius 3 is 2.85 bits per heavy atom. The van der Waals surface area contributed by atoms with E-state index in [-0.39, 0.29) is 5.75 Å². The van der Waals surface area contributed by atoms with E-state index in [1.807, 2.05) is 19.1 Å². The van der Waals surface area contributed by atoms with Crippen LogP contribution in [0.2, 0.25) is 0 Å². The largest absolute Gasteiger partial charge is 0.504 e. The van der Waals surface area contributed by atoms with Crippen LogP contribution in [0.25, 0.3) is 0 Å². The van der Waals surface area contributed by atoms with Crippen molar-refractivity contribution >= 4 is 5.82 Å². The van der Waals surface area contributed by atoms with Gasteiger partial charge >= 0.3 is 0 Å². The first-order valence-corrected chi connectivity index (χ1v) is 6.12. The number of benzene rings is 1. The highest BCUT2D eigenvalue weighted by Crippen LogP contribution is 2.29. The van der Waals surface area contributed by atoms with Gasteiger partial charge in [0.1, 0.15) is 17.6 Å². The van der Waals surface area contributed by atoms with Crippen molar-refractivity contribution in [1.82, 2.24) is 4.98 Å². The van der Waals surface area contributed by atoms with Crippen molar-refractivity contribution in [2.75, 3.05) is 12.4 Å². The number of ether oxygens (including phenoxy) is 1. The number of rotatable bonds is 4. The number of nitriles is 1. The fourth-order valence-corrected chi connectivity index (χ4v) is 1.80. The molecule has 1 aromatic heterocycles. The molecule has 20 heavy (non-hydrogen) atoms. The van der Waals surface area contributed by atoms with Gasteiger partial charge in [-0.25, -0.2) is 4.98 Å². The van der Waals surface area contributed by atoms with E-state index in [4.69, 9.17) is 10.00 Å². The molecule has 0 aliphatic heterocycles. The lowest BCUT2D eigenvalue weighted by Crippen LogP contribution is -2.03. The molecule has 1 heterocycles. The summed E-state index contributed by atoms with van der Waals surface area (Å²) in [6.07, 6.45) is 0. The number of aromatic hydroxyl groups is 1. The van der Waals surface area contributed by atoms with Crippen LogP contribution in [0.4, 0.5) is 5.82 Å². The van der Waals surface area contributed by atoms with Gasteiger partial charge in [0.15, 0.2) is 11.5 Å². The molecule has 2 N–H and O–H groups in total. The Hall–Kier alpha value is -2.74. The Kier molecular flexibility index (Phi) is 4.06. The molecule has 0 saturated carbocycles. The Labute approximate surface area is 117 Å².